The van der Waals surface area contributed by atoms with Crippen molar-refractivity contribution in [1.82, 2.24) is 9.88 Å². The monoisotopic (exact) mass is 318 g/mol. The Kier molecular flexibility index (Phi) is 4.28. The van der Waals surface area contributed by atoms with Crippen molar-refractivity contribution in [3.05, 3.63) is 44.2 Å². The van der Waals surface area contributed by atoms with Crippen molar-refractivity contribution in [2.45, 2.75) is 40.2 Å². The molecule has 0 aliphatic carbocycles. The summed E-state index contributed by atoms with van der Waals surface area (Å²) in [4.78, 5) is 18.7. The number of fused-ring (bicyclic) bond motifs is 1. The highest BCUT2D eigenvalue weighted by Crippen LogP contribution is 2.24. The van der Waals surface area contributed by atoms with E-state index in [0.29, 0.717) is 5.02 Å². The number of aryl methyl sites for hydroxylation is 2. The van der Waals surface area contributed by atoms with E-state index >= 15 is 0 Å². The van der Waals surface area contributed by atoms with Crippen molar-refractivity contribution in [3.63, 3.8) is 0 Å². The first-order chi connectivity index (χ1) is 10.5. The van der Waals surface area contributed by atoms with Gasteiger partial charge in [0.25, 0.3) is 0 Å². The van der Waals surface area contributed by atoms with E-state index in [4.69, 9.17) is 11.6 Å². The van der Waals surface area contributed by atoms with Crippen LogP contribution in [0.5, 0.6) is 0 Å². The Balaban J connectivity index is 2.03. The molecule has 118 valence electrons. The predicted octanol–water partition coefficient (Wildman–Crippen LogP) is 4.03. The minimum absolute atomic E-state index is 0.143. The highest BCUT2D eigenvalue weighted by atomic mass is 35.5. The molecule has 1 aromatic heterocycles. The van der Waals surface area contributed by atoms with Gasteiger partial charge >= 0.3 is 0 Å². The van der Waals surface area contributed by atoms with E-state index < -0.39 is 0 Å². The summed E-state index contributed by atoms with van der Waals surface area (Å²) in [7, 11) is 0. The molecular formula is C18H23ClN2O. The largest absolute Gasteiger partial charge is 0.358 e. The smallest absolute Gasteiger partial charge is 0.194 e. The molecule has 1 saturated heterocycles. The number of pyridine rings is 1. The zero-order chi connectivity index (χ0) is 15.9. The molecule has 22 heavy (non-hydrogen) atoms. The number of piperidine rings is 1. The van der Waals surface area contributed by atoms with Crippen LogP contribution in [0.3, 0.4) is 0 Å². The van der Waals surface area contributed by atoms with Crippen LogP contribution in [0, 0.1) is 19.8 Å². The summed E-state index contributed by atoms with van der Waals surface area (Å²) in [5.74, 6) is 0.717. The summed E-state index contributed by atoms with van der Waals surface area (Å²) in [6.45, 7) is 9.13. The van der Waals surface area contributed by atoms with Crippen LogP contribution in [-0.2, 0) is 6.54 Å². The standard InChI is InChI=1S/C18H23ClN2O/c1-11-5-4-8-21(9-11)10-15-13(3)20-17-12(2)16(19)7-6-14(17)18(15)22/h6-7,11H,4-5,8-10H2,1-3H3,(H,20,22)/t11-/m0/s1. The van der Waals surface area contributed by atoms with Crippen LogP contribution >= 0.6 is 11.6 Å². The average Bonchev–Trinajstić information content (AvgIpc) is 2.48. The Hall–Kier alpha value is -1.32. The van der Waals surface area contributed by atoms with Crippen molar-refractivity contribution in [2.75, 3.05) is 13.1 Å². The number of hydrogen-bond acceptors (Lipinski definition) is 2. The lowest BCUT2D eigenvalue weighted by molar-refractivity contribution is 0.176. The lowest BCUT2D eigenvalue weighted by Crippen LogP contribution is -2.35. The number of benzene rings is 1. The molecule has 1 aliphatic rings. The van der Waals surface area contributed by atoms with Crippen molar-refractivity contribution in [1.29, 1.82) is 0 Å². The van der Waals surface area contributed by atoms with E-state index in [1.165, 1.54) is 12.8 Å². The molecule has 2 heterocycles. The van der Waals surface area contributed by atoms with Crippen molar-refractivity contribution in [2.24, 2.45) is 5.92 Å². The van der Waals surface area contributed by atoms with E-state index in [-0.39, 0.29) is 5.43 Å². The summed E-state index contributed by atoms with van der Waals surface area (Å²) in [6, 6.07) is 3.65. The van der Waals surface area contributed by atoms with Crippen LogP contribution in [0.15, 0.2) is 16.9 Å². The van der Waals surface area contributed by atoms with Crippen LogP contribution < -0.4 is 5.43 Å². The number of nitrogens with zero attached hydrogens (tertiary/aromatic N) is 1. The summed E-state index contributed by atoms with van der Waals surface area (Å²) in [5, 5.41) is 1.44. The number of halogens is 1. The molecule has 3 nitrogen and oxygen atoms in total. The molecule has 0 unspecified atom stereocenters. The Bertz CT molecular complexity index is 766. The highest BCUT2D eigenvalue weighted by molar-refractivity contribution is 6.32. The number of likely N-dealkylation sites (tertiary alicyclic amines) is 1. The molecule has 0 spiro atoms. The molecule has 4 heteroatoms. The first-order valence-electron chi connectivity index (χ1n) is 8.00. The summed E-state index contributed by atoms with van der Waals surface area (Å²) in [5.41, 5.74) is 3.80. The predicted molar refractivity (Wildman–Crippen MR) is 92.7 cm³/mol. The molecule has 1 atom stereocenters. The zero-order valence-corrected chi connectivity index (χ0v) is 14.3. The van der Waals surface area contributed by atoms with E-state index in [2.05, 4.69) is 16.8 Å². The second kappa shape index (κ2) is 6.05. The first kappa shape index (κ1) is 15.6. The second-order valence-electron chi connectivity index (χ2n) is 6.64. The van der Waals surface area contributed by atoms with Gasteiger partial charge in [0.05, 0.1) is 5.52 Å². The topological polar surface area (TPSA) is 36.1 Å². The van der Waals surface area contributed by atoms with Gasteiger partial charge in [-0.05, 0) is 56.8 Å². The minimum atomic E-state index is 0.143. The van der Waals surface area contributed by atoms with Gasteiger partial charge in [-0.2, -0.15) is 0 Å². The van der Waals surface area contributed by atoms with Crippen molar-refractivity contribution in [3.8, 4) is 0 Å². The third kappa shape index (κ3) is 2.80. The molecule has 0 bridgehead atoms. The molecule has 1 fully saturated rings. The van der Waals surface area contributed by atoms with Gasteiger partial charge in [-0.3, -0.25) is 9.69 Å². The van der Waals surface area contributed by atoms with E-state index in [1.54, 1.807) is 0 Å². The molecular weight excluding hydrogens is 296 g/mol. The number of nitrogens with one attached hydrogen (secondary N) is 1. The quantitative estimate of drug-likeness (QED) is 0.907. The minimum Gasteiger partial charge on any atom is -0.358 e. The number of aromatic amines is 1. The van der Waals surface area contributed by atoms with Gasteiger partial charge < -0.3 is 4.98 Å². The molecule has 1 N–H and O–H groups in total. The van der Waals surface area contributed by atoms with Crippen LogP contribution in [0.25, 0.3) is 10.9 Å². The summed E-state index contributed by atoms with van der Waals surface area (Å²) < 4.78 is 0. The van der Waals surface area contributed by atoms with Crippen molar-refractivity contribution < 1.29 is 0 Å². The van der Waals surface area contributed by atoms with Gasteiger partial charge in [0.2, 0.25) is 0 Å². The third-order valence-corrected chi connectivity index (χ3v) is 5.22. The average molecular weight is 319 g/mol. The Morgan fingerprint density at radius 3 is 2.86 bits per heavy atom. The van der Waals surface area contributed by atoms with Crippen LogP contribution in [0.4, 0.5) is 0 Å². The van der Waals surface area contributed by atoms with Gasteiger partial charge in [-0.25, -0.2) is 0 Å². The van der Waals surface area contributed by atoms with Gasteiger partial charge in [0, 0.05) is 34.8 Å². The van der Waals surface area contributed by atoms with Crippen LogP contribution in [0.1, 0.15) is 36.6 Å². The van der Waals surface area contributed by atoms with Crippen LogP contribution in [-0.4, -0.2) is 23.0 Å². The van der Waals surface area contributed by atoms with Gasteiger partial charge in [-0.1, -0.05) is 18.5 Å². The van der Waals surface area contributed by atoms with Gasteiger partial charge in [0.1, 0.15) is 0 Å². The molecule has 1 aromatic carbocycles. The number of hydrogen-bond donors (Lipinski definition) is 1. The lowest BCUT2D eigenvalue weighted by Gasteiger charge is -2.31. The molecule has 0 radical (unpaired) electrons. The van der Waals surface area contributed by atoms with Crippen LogP contribution in [0.2, 0.25) is 5.02 Å². The molecule has 0 saturated carbocycles. The SMILES string of the molecule is Cc1[nH]c2c(C)c(Cl)ccc2c(=O)c1CN1CCC[C@H](C)C1. The molecule has 0 amide bonds. The second-order valence-corrected chi connectivity index (χ2v) is 7.04. The number of aromatic nitrogens is 1. The summed E-state index contributed by atoms with van der Waals surface area (Å²) >= 11 is 6.17. The summed E-state index contributed by atoms with van der Waals surface area (Å²) in [6.07, 6.45) is 2.52. The fraction of sp³-hybridized carbons (Fsp3) is 0.500. The molecule has 2 aromatic rings. The Labute approximate surface area is 136 Å². The Morgan fingerprint density at radius 1 is 1.36 bits per heavy atom. The zero-order valence-electron chi connectivity index (χ0n) is 13.5. The highest BCUT2D eigenvalue weighted by Gasteiger charge is 2.19. The number of H-pyrrole nitrogens is 1. The fourth-order valence-electron chi connectivity index (χ4n) is 3.48. The Morgan fingerprint density at radius 2 is 2.14 bits per heavy atom. The third-order valence-electron chi connectivity index (χ3n) is 4.81. The lowest BCUT2D eigenvalue weighted by atomic mass is 9.99. The fourth-order valence-corrected chi connectivity index (χ4v) is 3.63. The maximum absolute atomic E-state index is 12.9. The maximum atomic E-state index is 12.9. The van der Waals surface area contributed by atoms with E-state index in [1.807, 2.05) is 26.0 Å². The van der Waals surface area contributed by atoms with Gasteiger partial charge in [-0.15, -0.1) is 0 Å². The van der Waals surface area contributed by atoms with Gasteiger partial charge in [0.15, 0.2) is 5.43 Å². The maximum Gasteiger partial charge on any atom is 0.194 e. The van der Waals surface area contributed by atoms with E-state index in [9.17, 15) is 4.79 Å². The van der Waals surface area contributed by atoms with E-state index in [0.717, 1.165) is 53.3 Å². The number of rotatable bonds is 2. The first-order valence-corrected chi connectivity index (χ1v) is 8.38. The normalized spacial score (nSPS) is 19.7. The molecule has 3 rings (SSSR count). The molecule has 1 aliphatic heterocycles. The van der Waals surface area contributed by atoms with Crippen molar-refractivity contribution >= 4 is 22.5 Å².